The van der Waals surface area contributed by atoms with Gasteiger partial charge >= 0.3 is 0 Å². The Morgan fingerprint density at radius 3 is 1.86 bits per heavy atom. The van der Waals surface area contributed by atoms with E-state index in [0.717, 1.165) is 5.92 Å². The summed E-state index contributed by atoms with van der Waals surface area (Å²) in [6.07, 6.45) is 22.6. The zero-order valence-electron chi connectivity index (χ0n) is 14.5. The van der Waals surface area contributed by atoms with Crippen LogP contribution in [-0.2, 0) is 0 Å². The first-order valence-electron chi connectivity index (χ1n) is 9.84. The number of hydrogen-bond acceptors (Lipinski definition) is 2. The molecule has 0 aromatic carbocycles. The molecule has 1 fully saturated rings. The summed E-state index contributed by atoms with van der Waals surface area (Å²) in [5, 5.41) is 0. The highest BCUT2D eigenvalue weighted by molar-refractivity contribution is 4.77. The number of unbranched alkanes of at least 4 members (excludes halogenated alkanes) is 9. The Morgan fingerprint density at radius 2 is 1.33 bits per heavy atom. The maximum atomic E-state index is 5.77. The molecule has 0 aromatic rings. The van der Waals surface area contributed by atoms with Gasteiger partial charge in [0.2, 0.25) is 0 Å². The first kappa shape index (κ1) is 19.0. The van der Waals surface area contributed by atoms with E-state index in [-0.39, 0.29) is 0 Å². The van der Waals surface area contributed by atoms with Gasteiger partial charge in [0.1, 0.15) is 0 Å². The quantitative estimate of drug-likeness (QED) is 0.259. The Labute approximate surface area is 133 Å². The number of nitrogens with one attached hydrogen (secondary N) is 1. The lowest BCUT2D eigenvalue weighted by atomic mass is 9.82. The molecule has 126 valence electrons. The molecule has 2 nitrogen and oxygen atoms in total. The topological polar surface area (TPSA) is 38.0 Å². The molecule has 1 saturated carbocycles. The van der Waals surface area contributed by atoms with E-state index in [4.69, 9.17) is 5.84 Å². The number of nitrogens with two attached hydrogens (primary N) is 1. The molecule has 0 amide bonds. The van der Waals surface area contributed by atoms with Crippen LogP contribution in [0.25, 0.3) is 0 Å². The van der Waals surface area contributed by atoms with Crippen molar-refractivity contribution < 1.29 is 0 Å². The highest BCUT2D eigenvalue weighted by atomic mass is 15.2. The van der Waals surface area contributed by atoms with Crippen molar-refractivity contribution in [1.82, 2.24) is 5.43 Å². The Bertz CT molecular complexity index is 212. The summed E-state index contributed by atoms with van der Waals surface area (Å²) in [7, 11) is 0. The SMILES string of the molecule is CCCCCCCCCCCCC(NN)C1CCCCC1. The van der Waals surface area contributed by atoms with E-state index in [1.54, 1.807) is 0 Å². The molecule has 0 radical (unpaired) electrons. The monoisotopic (exact) mass is 296 g/mol. The van der Waals surface area contributed by atoms with E-state index in [1.165, 1.54) is 103 Å². The molecule has 3 N–H and O–H groups in total. The van der Waals surface area contributed by atoms with Crippen LogP contribution in [0.4, 0.5) is 0 Å². The van der Waals surface area contributed by atoms with Gasteiger partial charge in [-0.25, -0.2) is 0 Å². The highest BCUT2D eigenvalue weighted by Gasteiger charge is 2.21. The van der Waals surface area contributed by atoms with Crippen LogP contribution < -0.4 is 11.3 Å². The molecule has 2 heteroatoms. The van der Waals surface area contributed by atoms with Crippen molar-refractivity contribution in [1.29, 1.82) is 0 Å². The number of hydrogen-bond donors (Lipinski definition) is 2. The van der Waals surface area contributed by atoms with Crippen molar-refractivity contribution in [2.24, 2.45) is 11.8 Å². The summed E-state index contributed by atoms with van der Waals surface area (Å²) in [4.78, 5) is 0. The average Bonchev–Trinajstić information content (AvgIpc) is 2.54. The molecule has 0 bridgehead atoms. The molecule has 1 aliphatic rings. The van der Waals surface area contributed by atoms with Gasteiger partial charge in [-0.05, 0) is 25.2 Å². The summed E-state index contributed by atoms with van der Waals surface area (Å²) < 4.78 is 0. The molecular weight excluding hydrogens is 256 g/mol. The smallest absolute Gasteiger partial charge is 0.0238 e. The van der Waals surface area contributed by atoms with E-state index in [9.17, 15) is 0 Å². The fourth-order valence-corrected chi connectivity index (χ4v) is 3.84. The Morgan fingerprint density at radius 1 is 0.810 bits per heavy atom. The van der Waals surface area contributed by atoms with Crippen LogP contribution in [0.15, 0.2) is 0 Å². The van der Waals surface area contributed by atoms with Crippen molar-refractivity contribution in [3.63, 3.8) is 0 Å². The van der Waals surface area contributed by atoms with E-state index in [1.807, 2.05) is 0 Å². The standard InChI is InChI=1S/C19H40N2/c1-2-3-4-5-6-7-8-9-10-14-17-19(21-20)18-15-12-11-13-16-18/h18-19,21H,2-17,20H2,1H3. The van der Waals surface area contributed by atoms with E-state index >= 15 is 0 Å². The molecule has 0 aromatic heterocycles. The largest absolute Gasteiger partial charge is 0.271 e. The van der Waals surface area contributed by atoms with Crippen LogP contribution in [-0.4, -0.2) is 6.04 Å². The summed E-state index contributed by atoms with van der Waals surface area (Å²) in [6, 6.07) is 0.583. The zero-order valence-corrected chi connectivity index (χ0v) is 14.5. The lowest BCUT2D eigenvalue weighted by Gasteiger charge is -2.29. The zero-order chi connectivity index (χ0) is 15.2. The first-order chi connectivity index (χ1) is 10.4. The summed E-state index contributed by atoms with van der Waals surface area (Å²) >= 11 is 0. The van der Waals surface area contributed by atoms with Gasteiger partial charge in [0.25, 0.3) is 0 Å². The molecule has 0 saturated heterocycles. The predicted octanol–water partition coefficient (Wildman–Crippen LogP) is 5.71. The minimum atomic E-state index is 0.583. The normalized spacial score (nSPS) is 18.0. The van der Waals surface area contributed by atoms with Crippen molar-refractivity contribution in [2.45, 2.75) is 116 Å². The summed E-state index contributed by atoms with van der Waals surface area (Å²) in [5.41, 5.74) is 3.10. The van der Waals surface area contributed by atoms with E-state index in [0.29, 0.717) is 6.04 Å². The average molecular weight is 297 g/mol. The van der Waals surface area contributed by atoms with Crippen molar-refractivity contribution in [3.05, 3.63) is 0 Å². The third kappa shape index (κ3) is 9.52. The summed E-state index contributed by atoms with van der Waals surface area (Å²) in [5.74, 6) is 6.62. The molecule has 0 heterocycles. The molecule has 1 aliphatic carbocycles. The van der Waals surface area contributed by atoms with Crippen LogP contribution in [0.3, 0.4) is 0 Å². The second-order valence-electron chi connectivity index (χ2n) is 7.14. The number of hydrazine groups is 1. The predicted molar refractivity (Wildman–Crippen MR) is 94.1 cm³/mol. The molecule has 1 rings (SSSR count). The van der Waals surface area contributed by atoms with Gasteiger partial charge in [0.15, 0.2) is 0 Å². The van der Waals surface area contributed by atoms with Crippen LogP contribution in [0.1, 0.15) is 110 Å². The highest BCUT2D eigenvalue weighted by Crippen LogP contribution is 2.28. The van der Waals surface area contributed by atoms with Crippen molar-refractivity contribution >= 4 is 0 Å². The molecule has 21 heavy (non-hydrogen) atoms. The van der Waals surface area contributed by atoms with E-state index < -0.39 is 0 Å². The molecule has 1 unspecified atom stereocenters. The Kier molecular flexibility index (Phi) is 12.3. The fourth-order valence-electron chi connectivity index (χ4n) is 3.84. The Balaban J connectivity index is 1.90. The van der Waals surface area contributed by atoms with Crippen LogP contribution in [0.5, 0.6) is 0 Å². The van der Waals surface area contributed by atoms with Gasteiger partial charge in [0.05, 0.1) is 0 Å². The molecule has 1 atom stereocenters. The maximum Gasteiger partial charge on any atom is 0.0238 e. The van der Waals surface area contributed by atoms with Crippen LogP contribution in [0, 0.1) is 5.92 Å². The molecule has 0 spiro atoms. The minimum Gasteiger partial charge on any atom is -0.271 e. The number of rotatable bonds is 13. The van der Waals surface area contributed by atoms with Gasteiger partial charge in [-0.15, -0.1) is 0 Å². The van der Waals surface area contributed by atoms with Gasteiger partial charge in [-0.3, -0.25) is 11.3 Å². The minimum absolute atomic E-state index is 0.583. The first-order valence-corrected chi connectivity index (χ1v) is 9.84. The third-order valence-corrected chi connectivity index (χ3v) is 5.30. The lowest BCUT2D eigenvalue weighted by molar-refractivity contribution is 0.255. The fraction of sp³-hybridized carbons (Fsp3) is 1.00. The van der Waals surface area contributed by atoms with Crippen LogP contribution in [0.2, 0.25) is 0 Å². The molecule has 0 aliphatic heterocycles. The second kappa shape index (κ2) is 13.6. The van der Waals surface area contributed by atoms with Crippen molar-refractivity contribution in [2.75, 3.05) is 0 Å². The van der Waals surface area contributed by atoms with Gasteiger partial charge in [-0.2, -0.15) is 0 Å². The second-order valence-corrected chi connectivity index (χ2v) is 7.14. The van der Waals surface area contributed by atoms with E-state index in [2.05, 4.69) is 12.3 Å². The third-order valence-electron chi connectivity index (χ3n) is 5.30. The molecular formula is C19H40N2. The van der Waals surface area contributed by atoms with Crippen LogP contribution >= 0.6 is 0 Å². The lowest BCUT2D eigenvalue weighted by Crippen LogP contribution is -2.41. The Hall–Kier alpha value is -0.0800. The van der Waals surface area contributed by atoms with Gasteiger partial charge in [0, 0.05) is 6.04 Å². The van der Waals surface area contributed by atoms with Crippen molar-refractivity contribution in [3.8, 4) is 0 Å². The van der Waals surface area contributed by atoms with Gasteiger partial charge in [-0.1, -0.05) is 90.4 Å². The maximum absolute atomic E-state index is 5.77. The summed E-state index contributed by atoms with van der Waals surface area (Å²) in [6.45, 7) is 2.29. The van der Waals surface area contributed by atoms with Gasteiger partial charge < -0.3 is 0 Å².